The predicted octanol–water partition coefficient (Wildman–Crippen LogP) is 2.51. The zero-order valence-corrected chi connectivity index (χ0v) is 12.5. The van der Waals surface area contributed by atoms with Gasteiger partial charge in [-0.05, 0) is 38.0 Å². The lowest BCUT2D eigenvalue weighted by molar-refractivity contribution is 0.0949. The Morgan fingerprint density at radius 2 is 1.91 bits per heavy atom. The monoisotopic (exact) mass is 302 g/mol. The van der Waals surface area contributed by atoms with E-state index < -0.39 is 11.7 Å². The largest absolute Gasteiger partial charge is 0.352 e. The summed E-state index contributed by atoms with van der Waals surface area (Å²) >= 11 is 0. The van der Waals surface area contributed by atoms with E-state index in [2.05, 4.69) is 5.32 Å². The molecule has 5 heteroatoms. The van der Waals surface area contributed by atoms with Crippen LogP contribution in [0.2, 0.25) is 0 Å². The van der Waals surface area contributed by atoms with Crippen molar-refractivity contribution in [3.63, 3.8) is 0 Å². The molecule has 1 aromatic carbocycles. The fourth-order valence-electron chi connectivity index (χ4n) is 2.25. The molecule has 4 nitrogen and oxygen atoms in total. The summed E-state index contributed by atoms with van der Waals surface area (Å²) in [4.78, 5) is 23.5. The molecule has 0 saturated carbocycles. The zero-order chi connectivity index (χ0) is 15.9. The van der Waals surface area contributed by atoms with Crippen LogP contribution in [0.5, 0.6) is 0 Å². The standard InChI is InChI=1S/C17H19FN2O2/c1-13-7-6-10-16(21)20(13)12-5-4-11-19-17(22)14-8-2-3-9-15(14)18/h2-3,6-10H,4-5,11-12H2,1H3,(H,19,22). The lowest BCUT2D eigenvalue weighted by Gasteiger charge is -2.09. The second kappa shape index (κ2) is 7.54. The molecule has 1 heterocycles. The van der Waals surface area contributed by atoms with Gasteiger partial charge < -0.3 is 9.88 Å². The molecule has 0 radical (unpaired) electrons. The van der Waals surface area contributed by atoms with Crippen LogP contribution < -0.4 is 10.9 Å². The fourth-order valence-corrected chi connectivity index (χ4v) is 2.25. The van der Waals surface area contributed by atoms with Crippen molar-refractivity contribution in [2.45, 2.75) is 26.3 Å². The van der Waals surface area contributed by atoms with Gasteiger partial charge in [0.2, 0.25) is 0 Å². The van der Waals surface area contributed by atoms with Gasteiger partial charge in [-0.3, -0.25) is 9.59 Å². The van der Waals surface area contributed by atoms with Crippen molar-refractivity contribution in [1.82, 2.24) is 9.88 Å². The third-order valence-corrected chi connectivity index (χ3v) is 3.48. The minimum absolute atomic E-state index is 0.0182. The Kier molecular flexibility index (Phi) is 5.47. The van der Waals surface area contributed by atoms with Crippen molar-refractivity contribution >= 4 is 5.91 Å². The number of hydrogen-bond donors (Lipinski definition) is 1. The number of rotatable bonds is 6. The van der Waals surface area contributed by atoms with E-state index in [-0.39, 0.29) is 11.1 Å². The number of carbonyl (C=O) groups excluding carboxylic acids is 1. The Labute approximate surface area is 128 Å². The summed E-state index contributed by atoms with van der Waals surface area (Å²) in [5.74, 6) is -0.933. The number of hydrogen-bond acceptors (Lipinski definition) is 2. The highest BCUT2D eigenvalue weighted by Crippen LogP contribution is 2.06. The van der Waals surface area contributed by atoms with E-state index in [4.69, 9.17) is 0 Å². The molecule has 0 fully saturated rings. The lowest BCUT2D eigenvalue weighted by atomic mass is 10.2. The molecule has 1 N–H and O–H groups in total. The van der Waals surface area contributed by atoms with Crippen molar-refractivity contribution in [2.75, 3.05) is 6.54 Å². The Morgan fingerprint density at radius 1 is 1.14 bits per heavy atom. The van der Waals surface area contributed by atoms with E-state index in [1.165, 1.54) is 18.2 Å². The highest BCUT2D eigenvalue weighted by atomic mass is 19.1. The third-order valence-electron chi connectivity index (χ3n) is 3.48. The molecule has 0 spiro atoms. The zero-order valence-electron chi connectivity index (χ0n) is 12.5. The Morgan fingerprint density at radius 3 is 2.64 bits per heavy atom. The Balaban J connectivity index is 1.77. The highest BCUT2D eigenvalue weighted by molar-refractivity contribution is 5.94. The molecule has 2 rings (SSSR count). The van der Waals surface area contributed by atoms with Crippen LogP contribution in [0.15, 0.2) is 47.3 Å². The number of pyridine rings is 1. The van der Waals surface area contributed by atoms with Gasteiger partial charge in [0.25, 0.3) is 11.5 Å². The van der Waals surface area contributed by atoms with Crippen LogP contribution in [0.4, 0.5) is 4.39 Å². The first-order valence-corrected chi connectivity index (χ1v) is 7.29. The number of carbonyl (C=O) groups is 1. The molecule has 0 aliphatic rings. The SMILES string of the molecule is Cc1cccc(=O)n1CCCCNC(=O)c1ccccc1F. The minimum atomic E-state index is -0.522. The van der Waals surface area contributed by atoms with Crippen molar-refractivity contribution in [3.05, 3.63) is 69.9 Å². The van der Waals surface area contributed by atoms with E-state index in [9.17, 15) is 14.0 Å². The Hall–Kier alpha value is -2.43. The second-order valence-electron chi connectivity index (χ2n) is 5.10. The molecule has 0 bridgehead atoms. The summed E-state index contributed by atoms with van der Waals surface area (Å²) < 4.78 is 15.1. The molecule has 1 aromatic heterocycles. The van der Waals surface area contributed by atoms with Crippen LogP contribution in [0, 0.1) is 12.7 Å². The van der Waals surface area contributed by atoms with Crippen LogP contribution in [0.25, 0.3) is 0 Å². The van der Waals surface area contributed by atoms with E-state index in [1.807, 2.05) is 13.0 Å². The van der Waals surface area contributed by atoms with Gasteiger partial charge in [0.1, 0.15) is 5.82 Å². The first-order chi connectivity index (χ1) is 10.6. The first kappa shape index (κ1) is 15.9. The Bertz CT molecular complexity index is 710. The van der Waals surface area contributed by atoms with Crippen LogP contribution >= 0.6 is 0 Å². The molecule has 0 unspecified atom stereocenters. The van der Waals surface area contributed by atoms with Gasteiger partial charge in [0.15, 0.2) is 0 Å². The first-order valence-electron chi connectivity index (χ1n) is 7.29. The fraction of sp³-hybridized carbons (Fsp3) is 0.294. The van der Waals surface area contributed by atoms with Crippen LogP contribution in [0.1, 0.15) is 28.9 Å². The maximum absolute atomic E-state index is 13.4. The van der Waals surface area contributed by atoms with Gasteiger partial charge in [0.05, 0.1) is 5.56 Å². The number of aryl methyl sites for hydroxylation is 1. The molecule has 22 heavy (non-hydrogen) atoms. The summed E-state index contributed by atoms with van der Waals surface area (Å²) in [6, 6.07) is 11.1. The lowest BCUT2D eigenvalue weighted by Crippen LogP contribution is -2.26. The molecular weight excluding hydrogens is 283 g/mol. The van der Waals surface area contributed by atoms with Gasteiger partial charge in [-0.1, -0.05) is 18.2 Å². The summed E-state index contributed by atoms with van der Waals surface area (Å²) in [5, 5.41) is 2.69. The molecule has 2 aromatic rings. The van der Waals surface area contributed by atoms with Crippen molar-refractivity contribution < 1.29 is 9.18 Å². The van der Waals surface area contributed by atoms with Crippen LogP contribution in [-0.2, 0) is 6.54 Å². The number of halogens is 1. The normalized spacial score (nSPS) is 10.5. The van der Waals surface area contributed by atoms with Gasteiger partial charge in [-0.25, -0.2) is 4.39 Å². The average molecular weight is 302 g/mol. The smallest absolute Gasteiger partial charge is 0.254 e. The number of amides is 1. The van der Waals surface area contributed by atoms with E-state index in [1.54, 1.807) is 22.8 Å². The minimum Gasteiger partial charge on any atom is -0.352 e. The number of nitrogens with zero attached hydrogens (tertiary/aromatic N) is 1. The summed E-state index contributed by atoms with van der Waals surface area (Å²) in [6.45, 7) is 2.95. The van der Waals surface area contributed by atoms with E-state index in [0.29, 0.717) is 13.1 Å². The molecular formula is C17H19FN2O2. The van der Waals surface area contributed by atoms with Gasteiger partial charge >= 0.3 is 0 Å². The second-order valence-corrected chi connectivity index (χ2v) is 5.10. The number of nitrogens with one attached hydrogen (secondary N) is 1. The summed E-state index contributed by atoms with van der Waals surface area (Å²) in [7, 11) is 0. The molecule has 0 aliphatic heterocycles. The summed E-state index contributed by atoms with van der Waals surface area (Å²) in [5.41, 5.74) is 0.955. The maximum Gasteiger partial charge on any atom is 0.254 e. The van der Waals surface area contributed by atoms with E-state index >= 15 is 0 Å². The van der Waals surface area contributed by atoms with Crippen molar-refractivity contribution in [1.29, 1.82) is 0 Å². The maximum atomic E-state index is 13.4. The quantitative estimate of drug-likeness (QED) is 0.834. The van der Waals surface area contributed by atoms with Crippen LogP contribution in [-0.4, -0.2) is 17.0 Å². The molecule has 116 valence electrons. The predicted molar refractivity (Wildman–Crippen MR) is 83.4 cm³/mol. The van der Waals surface area contributed by atoms with Crippen LogP contribution in [0.3, 0.4) is 0 Å². The number of benzene rings is 1. The number of aromatic nitrogens is 1. The van der Waals surface area contributed by atoms with Crippen molar-refractivity contribution in [2.24, 2.45) is 0 Å². The summed E-state index contributed by atoms with van der Waals surface area (Å²) in [6.07, 6.45) is 1.49. The van der Waals surface area contributed by atoms with Gasteiger partial charge in [-0.15, -0.1) is 0 Å². The number of unbranched alkanes of at least 4 members (excludes halogenated alkanes) is 1. The molecule has 0 aliphatic carbocycles. The van der Waals surface area contributed by atoms with Gasteiger partial charge in [0, 0.05) is 24.8 Å². The van der Waals surface area contributed by atoms with Crippen molar-refractivity contribution in [3.8, 4) is 0 Å². The average Bonchev–Trinajstić information content (AvgIpc) is 2.49. The molecule has 1 amide bonds. The topological polar surface area (TPSA) is 51.1 Å². The van der Waals surface area contributed by atoms with Gasteiger partial charge in [-0.2, -0.15) is 0 Å². The third kappa shape index (κ3) is 4.04. The van der Waals surface area contributed by atoms with E-state index in [0.717, 1.165) is 18.5 Å². The molecule has 0 atom stereocenters. The highest BCUT2D eigenvalue weighted by Gasteiger charge is 2.09. The molecule has 0 saturated heterocycles.